The smallest absolute Gasteiger partial charge is 0.329 e. The molecule has 0 aromatic heterocycles. The Labute approximate surface area is 118 Å². The molecule has 7 heteroatoms. The summed E-state index contributed by atoms with van der Waals surface area (Å²) in [6, 6.07) is -0.431. The van der Waals surface area contributed by atoms with Crippen LogP contribution in [0, 0.1) is 5.92 Å². The van der Waals surface area contributed by atoms with Crippen molar-refractivity contribution in [3.8, 4) is 0 Å². The SMILES string of the molecule is O=C(NCC1CCCOC1)NC1(C(=O)O)CCOCC1. The minimum absolute atomic E-state index is 0.294. The molecule has 0 radical (unpaired) electrons. The molecule has 3 N–H and O–H groups in total. The number of carbonyl (C=O) groups is 2. The van der Waals surface area contributed by atoms with Gasteiger partial charge >= 0.3 is 12.0 Å². The van der Waals surface area contributed by atoms with Crippen LogP contribution < -0.4 is 10.6 Å². The van der Waals surface area contributed by atoms with Gasteiger partial charge in [0.25, 0.3) is 0 Å². The molecule has 0 aliphatic carbocycles. The Morgan fingerprint density at radius 3 is 2.55 bits per heavy atom. The van der Waals surface area contributed by atoms with Crippen molar-refractivity contribution in [1.82, 2.24) is 10.6 Å². The molecule has 2 saturated heterocycles. The van der Waals surface area contributed by atoms with Gasteiger partial charge in [-0.3, -0.25) is 0 Å². The van der Waals surface area contributed by atoms with Crippen molar-refractivity contribution in [2.24, 2.45) is 5.92 Å². The van der Waals surface area contributed by atoms with Crippen LogP contribution in [0.4, 0.5) is 4.79 Å². The number of amides is 2. The third kappa shape index (κ3) is 3.83. The summed E-state index contributed by atoms with van der Waals surface area (Å²) in [6.07, 6.45) is 2.62. The van der Waals surface area contributed by atoms with Gasteiger partial charge in [-0.25, -0.2) is 9.59 Å². The summed E-state index contributed by atoms with van der Waals surface area (Å²) in [7, 11) is 0. The van der Waals surface area contributed by atoms with Crippen molar-refractivity contribution in [1.29, 1.82) is 0 Å². The summed E-state index contributed by atoms with van der Waals surface area (Å²) in [6.45, 7) is 2.65. The first-order chi connectivity index (χ1) is 9.62. The van der Waals surface area contributed by atoms with E-state index in [1.54, 1.807) is 0 Å². The number of rotatable bonds is 4. The second kappa shape index (κ2) is 6.90. The van der Waals surface area contributed by atoms with Crippen molar-refractivity contribution < 1.29 is 24.2 Å². The molecule has 1 atom stereocenters. The minimum atomic E-state index is -1.20. The van der Waals surface area contributed by atoms with Gasteiger partial charge in [0.05, 0.1) is 6.61 Å². The Balaban J connectivity index is 1.80. The summed E-state index contributed by atoms with van der Waals surface area (Å²) in [5.41, 5.74) is -1.20. The first kappa shape index (κ1) is 15.1. The molecule has 2 amide bonds. The molecule has 2 rings (SSSR count). The molecule has 0 saturated carbocycles. The highest BCUT2D eigenvalue weighted by Gasteiger charge is 2.41. The van der Waals surface area contributed by atoms with Crippen molar-refractivity contribution >= 4 is 12.0 Å². The van der Waals surface area contributed by atoms with Crippen LogP contribution in [0.2, 0.25) is 0 Å². The van der Waals surface area contributed by atoms with E-state index in [4.69, 9.17) is 9.47 Å². The summed E-state index contributed by atoms with van der Waals surface area (Å²) in [5, 5.41) is 14.7. The van der Waals surface area contributed by atoms with Crippen molar-refractivity contribution in [3.63, 3.8) is 0 Å². The van der Waals surface area contributed by atoms with Crippen LogP contribution in [0.15, 0.2) is 0 Å². The maximum absolute atomic E-state index is 11.9. The predicted octanol–water partition coefficient (Wildman–Crippen LogP) is 0.346. The van der Waals surface area contributed by atoms with Crippen LogP contribution >= 0.6 is 0 Å². The van der Waals surface area contributed by atoms with E-state index in [-0.39, 0.29) is 0 Å². The molecule has 2 aliphatic rings. The largest absolute Gasteiger partial charge is 0.480 e. The van der Waals surface area contributed by atoms with Gasteiger partial charge < -0.3 is 25.2 Å². The van der Waals surface area contributed by atoms with Gasteiger partial charge in [0, 0.05) is 39.2 Å². The van der Waals surface area contributed by atoms with Gasteiger partial charge in [-0.1, -0.05) is 0 Å². The zero-order chi connectivity index (χ0) is 14.4. The van der Waals surface area contributed by atoms with Crippen LogP contribution in [0.5, 0.6) is 0 Å². The highest BCUT2D eigenvalue weighted by atomic mass is 16.5. The fourth-order valence-electron chi connectivity index (χ4n) is 2.58. The first-order valence-electron chi connectivity index (χ1n) is 7.07. The first-order valence-corrected chi connectivity index (χ1v) is 7.07. The average Bonchev–Trinajstić information content (AvgIpc) is 2.47. The number of carboxylic acid groups (broad SMARTS) is 1. The molecule has 20 heavy (non-hydrogen) atoms. The minimum Gasteiger partial charge on any atom is -0.480 e. The zero-order valence-corrected chi connectivity index (χ0v) is 11.5. The third-order valence-corrected chi connectivity index (χ3v) is 3.91. The monoisotopic (exact) mass is 286 g/mol. The molecule has 1 unspecified atom stereocenters. The quantitative estimate of drug-likeness (QED) is 0.692. The van der Waals surface area contributed by atoms with Crippen molar-refractivity contribution in [2.75, 3.05) is 33.0 Å². The second-order valence-electron chi connectivity index (χ2n) is 5.42. The molecule has 2 fully saturated rings. The Kier molecular flexibility index (Phi) is 5.19. The number of urea groups is 1. The van der Waals surface area contributed by atoms with E-state index in [1.807, 2.05) is 0 Å². The van der Waals surface area contributed by atoms with Gasteiger partial charge in [0.2, 0.25) is 0 Å². The van der Waals surface area contributed by atoms with Gasteiger partial charge in [-0.2, -0.15) is 0 Å². The molecule has 0 bridgehead atoms. The van der Waals surface area contributed by atoms with Crippen LogP contribution in [0.3, 0.4) is 0 Å². The van der Waals surface area contributed by atoms with E-state index in [2.05, 4.69) is 10.6 Å². The van der Waals surface area contributed by atoms with E-state index in [0.29, 0.717) is 45.1 Å². The highest BCUT2D eigenvalue weighted by Crippen LogP contribution is 2.21. The van der Waals surface area contributed by atoms with Gasteiger partial charge in [-0.05, 0) is 18.8 Å². The summed E-state index contributed by atoms with van der Waals surface area (Å²) >= 11 is 0. The van der Waals surface area contributed by atoms with Crippen LogP contribution in [0.1, 0.15) is 25.7 Å². The topological polar surface area (TPSA) is 96.9 Å². The van der Waals surface area contributed by atoms with Crippen LogP contribution in [-0.2, 0) is 14.3 Å². The molecule has 0 aromatic rings. The number of carboxylic acids is 1. The standard InChI is InChI=1S/C13H22N2O5/c16-11(17)13(3-6-19-7-4-13)15-12(18)14-8-10-2-1-5-20-9-10/h10H,1-9H2,(H,16,17)(H2,14,15,18). The van der Waals surface area contributed by atoms with E-state index in [0.717, 1.165) is 19.4 Å². The van der Waals surface area contributed by atoms with Gasteiger partial charge in [0.15, 0.2) is 0 Å². The van der Waals surface area contributed by atoms with E-state index >= 15 is 0 Å². The number of aliphatic carboxylic acids is 1. The van der Waals surface area contributed by atoms with Crippen LogP contribution in [-0.4, -0.2) is 55.6 Å². The third-order valence-electron chi connectivity index (χ3n) is 3.91. The highest BCUT2D eigenvalue weighted by molar-refractivity contribution is 5.86. The fourth-order valence-corrected chi connectivity index (χ4v) is 2.58. The Morgan fingerprint density at radius 1 is 1.20 bits per heavy atom. The fraction of sp³-hybridized carbons (Fsp3) is 0.846. The number of ether oxygens (including phenoxy) is 2. The molecular weight excluding hydrogens is 264 g/mol. The number of hydrogen-bond acceptors (Lipinski definition) is 4. The van der Waals surface area contributed by atoms with Crippen molar-refractivity contribution in [2.45, 2.75) is 31.2 Å². The van der Waals surface area contributed by atoms with Gasteiger partial charge in [-0.15, -0.1) is 0 Å². The van der Waals surface area contributed by atoms with E-state index in [9.17, 15) is 14.7 Å². The lowest BCUT2D eigenvalue weighted by Crippen LogP contribution is -2.60. The van der Waals surface area contributed by atoms with Gasteiger partial charge in [0.1, 0.15) is 5.54 Å². The molecule has 0 spiro atoms. The number of hydrogen-bond donors (Lipinski definition) is 3. The maximum atomic E-state index is 11.9. The van der Waals surface area contributed by atoms with E-state index < -0.39 is 17.5 Å². The predicted molar refractivity (Wildman–Crippen MR) is 70.5 cm³/mol. The normalized spacial score (nSPS) is 25.7. The molecular formula is C13H22N2O5. The molecule has 2 heterocycles. The number of carbonyl (C=O) groups excluding carboxylic acids is 1. The number of nitrogens with one attached hydrogen (secondary N) is 2. The zero-order valence-electron chi connectivity index (χ0n) is 11.5. The Morgan fingerprint density at radius 2 is 1.95 bits per heavy atom. The Bertz CT molecular complexity index is 349. The lowest BCUT2D eigenvalue weighted by Gasteiger charge is -2.34. The van der Waals surface area contributed by atoms with Crippen molar-refractivity contribution in [3.05, 3.63) is 0 Å². The molecule has 114 valence electrons. The Hall–Kier alpha value is -1.34. The maximum Gasteiger partial charge on any atom is 0.329 e. The molecule has 7 nitrogen and oxygen atoms in total. The van der Waals surface area contributed by atoms with Crippen LogP contribution in [0.25, 0.3) is 0 Å². The summed E-state index contributed by atoms with van der Waals surface area (Å²) < 4.78 is 10.5. The average molecular weight is 286 g/mol. The summed E-state index contributed by atoms with van der Waals surface area (Å²) in [4.78, 5) is 23.3. The molecule has 2 aliphatic heterocycles. The second-order valence-corrected chi connectivity index (χ2v) is 5.42. The lowest BCUT2D eigenvalue weighted by atomic mass is 9.90. The summed E-state index contributed by atoms with van der Waals surface area (Å²) in [5.74, 6) is -0.693. The lowest BCUT2D eigenvalue weighted by molar-refractivity contribution is -0.148. The molecule has 0 aromatic carbocycles. The van der Waals surface area contributed by atoms with E-state index in [1.165, 1.54) is 0 Å².